The number of amides is 1. The second-order valence-electron chi connectivity index (χ2n) is 10.6. The van der Waals surface area contributed by atoms with Gasteiger partial charge in [0.1, 0.15) is 6.61 Å². The molecule has 4 atom stereocenters. The Morgan fingerprint density at radius 1 is 1.11 bits per heavy atom. The lowest BCUT2D eigenvalue weighted by molar-refractivity contribution is -0.157. The van der Waals surface area contributed by atoms with Crippen molar-refractivity contribution in [2.24, 2.45) is 11.3 Å². The number of carbonyl (C=O) groups excluding carboxylic acids is 2. The fourth-order valence-corrected chi connectivity index (χ4v) is 5.57. The molecular formula is C28H41NO7. The van der Waals surface area contributed by atoms with Crippen molar-refractivity contribution in [3.63, 3.8) is 0 Å². The Hall–Kier alpha value is -2.16. The standard InChI is InChI=1S/C28H41NO7/c1-20(35-18-28-14-12-22(13-15-28)36-19-28)24(29-27(31)34-16-21-8-4-3-5-9-21)17-33-25-11-7-6-10-23(25)26(30)32-2/h3-5,8-9,20,22-25H,6-7,10-19H2,1-2H3,(H,29,31)/t20-,22?,23-,24-,25-,28?/m1/s1. The zero-order valence-electron chi connectivity index (χ0n) is 21.6. The molecule has 2 saturated carbocycles. The number of benzene rings is 1. The molecule has 1 amide bonds. The highest BCUT2D eigenvalue weighted by molar-refractivity contribution is 5.73. The van der Waals surface area contributed by atoms with E-state index in [1.165, 1.54) is 7.11 Å². The van der Waals surface area contributed by atoms with Crippen molar-refractivity contribution in [3.05, 3.63) is 35.9 Å². The second kappa shape index (κ2) is 12.9. The quantitative estimate of drug-likeness (QED) is 0.448. The minimum absolute atomic E-state index is 0.0571. The van der Waals surface area contributed by atoms with Crippen molar-refractivity contribution in [1.29, 1.82) is 0 Å². The average Bonchev–Trinajstić information content (AvgIpc) is 2.94. The summed E-state index contributed by atoms with van der Waals surface area (Å²) in [6.45, 7) is 3.69. The highest BCUT2D eigenvalue weighted by atomic mass is 16.6. The Bertz CT molecular complexity index is 826. The molecule has 0 radical (unpaired) electrons. The van der Waals surface area contributed by atoms with Crippen LogP contribution in [0.4, 0.5) is 4.79 Å². The van der Waals surface area contributed by atoms with Crippen molar-refractivity contribution in [1.82, 2.24) is 5.32 Å². The van der Waals surface area contributed by atoms with Crippen LogP contribution >= 0.6 is 0 Å². The molecule has 8 heteroatoms. The van der Waals surface area contributed by atoms with Crippen LogP contribution in [-0.4, -0.2) is 63.3 Å². The Balaban J connectivity index is 1.35. The maximum Gasteiger partial charge on any atom is 0.407 e. The van der Waals surface area contributed by atoms with E-state index in [1.54, 1.807) is 0 Å². The number of alkyl carbamates (subject to hydrolysis) is 1. The topological polar surface area (TPSA) is 92.3 Å². The van der Waals surface area contributed by atoms with Gasteiger partial charge in [-0.2, -0.15) is 0 Å². The van der Waals surface area contributed by atoms with Gasteiger partial charge in [0.2, 0.25) is 0 Å². The maximum absolute atomic E-state index is 12.7. The van der Waals surface area contributed by atoms with Crippen molar-refractivity contribution in [2.75, 3.05) is 26.9 Å². The minimum atomic E-state index is -0.518. The van der Waals surface area contributed by atoms with Gasteiger partial charge < -0.3 is 29.0 Å². The van der Waals surface area contributed by atoms with Gasteiger partial charge in [-0.05, 0) is 51.0 Å². The van der Waals surface area contributed by atoms with Gasteiger partial charge in [0, 0.05) is 5.41 Å². The lowest BCUT2D eigenvalue weighted by atomic mass is 9.72. The average molecular weight is 504 g/mol. The van der Waals surface area contributed by atoms with Gasteiger partial charge in [-0.15, -0.1) is 0 Å². The van der Waals surface area contributed by atoms with Gasteiger partial charge in [-0.1, -0.05) is 43.2 Å². The predicted octanol–water partition coefficient (Wildman–Crippen LogP) is 4.39. The molecule has 4 aliphatic rings. The SMILES string of the molecule is COC(=O)[C@@H]1CCCC[C@H]1OC[C@@H](NC(=O)OCc1ccccc1)[C@@H](C)OCC12CCC(CC1)OC2. The summed E-state index contributed by atoms with van der Waals surface area (Å²) < 4.78 is 29.0. The van der Waals surface area contributed by atoms with Gasteiger partial charge in [-0.25, -0.2) is 4.79 Å². The van der Waals surface area contributed by atoms with Crippen LogP contribution in [0.25, 0.3) is 0 Å². The molecule has 1 aromatic carbocycles. The zero-order valence-corrected chi connectivity index (χ0v) is 21.6. The fraction of sp³-hybridized carbons (Fsp3) is 0.714. The third kappa shape index (κ3) is 7.20. The van der Waals surface area contributed by atoms with Crippen LogP contribution in [0.5, 0.6) is 0 Å². The molecule has 8 nitrogen and oxygen atoms in total. The van der Waals surface area contributed by atoms with Crippen molar-refractivity contribution < 1.29 is 33.3 Å². The highest BCUT2D eigenvalue weighted by Gasteiger charge is 2.42. The largest absolute Gasteiger partial charge is 0.469 e. The van der Waals surface area contributed by atoms with E-state index in [0.717, 1.165) is 63.5 Å². The number of esters is 1. The summed E-state index contributed by atoms with van der Waals surface area (Å²) in [6, 6.07) is 9.14. The molecule has 1 N–H and O–H groups in total. The van der Waals surface area contributed by atoms with Crippen LogP contribution in [0.2, 0.25) is 0 Å². The summed E-state index contributed by atoms with van der Waals surface area (Å²) in [4.78, 5) is 25.0. The second-order valence-corrected chi connectivity index (χ2v) is 10.6. The van der Waals surface area contributed by atoms with Crippen LogP contribution in [0.15, 0.2) is 30.3 Å². The molecule has 2 bridgehead atoms. The molecule has 2 aliphatic carbocycles. The number of hydrogen-bond donors (Lipinski definition) is 1. The van der Waals surface area contributed by atoms with E-state index in [0.29, 0.717) is 12.7 Å². The molecule has 200 valence electrons. The Kier molecular flexibility index (Phi) is 9.62. The van der Waals surface area contributed by atoms with Crippen LogP contribution < -0.4 is 5.32 Å². The number of rotatable bonds is 11. The molecule has 0 spiro atoms. The molecular weight excluding hydrogens is 462 g/mol. The van der Waals surface area contributed by atoms with Crippen LogP contribution in [0, 0.1) is 11.3 Å². The number of fused-ring (bicyclic) bond motifs is 3. The Morgan fingerprint density at radius 3 is 2.56 bits per heavy atom. The number of ether oxygens (including phenoxy) is 5. The van der Waals surface area contributed by atoms with Crippen LogP contribution in [0.1, 0.15) is 63.9 Å². The van der Waals surface area contributed by atoms with E-state index in [9.17, 15) is 9.59 Å². The fourth-order valence-electron chi connectivity index (χ4n) is 5.57. The number of carbonyl (C=O) groups is 2. The normalized spacial score (nSPS) is 29.2. The number of methoxy groups -OCH3 is 1. The third-order valence-corrected chi connectivity index (χ3v) is 8.05. The molecule has 2 heterocycles. The van der Waals surface area contributed by atoms with Crippen molar-refractivity contribution in [2.45, 2.75) is 89.3 Å². The molecule has 4 fully saturated rings. The van der Waals surface area contributed by atoms with Crippen molar-refractivity contribution >= 4 is 12.1 Å². The van der Waals surface area contributed by atoms with E-state index in [2.05, 4.69) is 5.32 Å². The molecule has 5 rings (SSSR count). The molecule has 0 aromatic heterocycles. The van der Waals surface area contributed by atoms with E-state index in [4.69, 9.17) is 23.7 Å². The minimum Gasteiger partial charge on any atom is -0.469 e. The van der Waals surface area contributed by atoms with Gasteiger partial charge in [0.25, 0.3) is 0 Å². The molecule has 1 aromatic rings. The van der Waals surface area contributed by atoms with E-state index in [1.807, 2.05) is 37.3 Å². The molecule has 36 heavy (non-hydrogen) atoms. The summed E-state index contributed by atoms with van der Waals surface area (Å²) in [5.41, 5.74) is 0.974. The Morgan fingerprint density at radius 2 is 1.86 bits per heavy atom. The van der Waals surface area contributed by atoms with Gasteiger partial charge in [0.15, 0.2) is 0 Å². The highest BCUT2D eigenvalue weighted by Crippen LogP contribution is 2.43. The summed E-state index contributed by atoms with van der Waals surface area (Å²) in [5, 5.41) is 2.95. The van der Waals surface area contributed by atoms with E-state index in [-0.39, 0.29) is 42.7 Å². The summed E-state index contributed by atoms with van der Waals surface area (Å²) in [6.07, 6.45) is 7.29. The predicted molar refractivity (Wildman–Crippen MR) is 133 cm³/mol. The monoisotopic (exact) mass is 503 g/mol. The number of hydrogen-bond acceptors (Lipinski definition) is 7. The van der Waals surface area contributed by atoms with Gasteiger partial charge in [-0.3, -0.25) is 4.79 Å². The van der Waals surface area contributed by atoms with Crippen molar-refractivity contribution in [3.8, 4) is 0 Å². The lowest BCUT2D eigenvalue weighted by Crippen LogP contribution is -2.50. The third-order valence-electron chi connectivity index (χ3n) is 8.05. The summed E-state index contributed by atoms with van der Waals surface area (Å²) >= 11 is 0. The van der Waals surface area contributed by atoms with E-state index >= 15 is 0 Å². The first-order valence-corrected chi connectivity index (χ1v) is 13.4. The number of nitrogens with one attached hydrogen (secondary N) is 1. The van der Waals surface area contributed by atoms with Crippen LogP contribution in [-0.2, 0) is 35.1 Å². The lowest BCUT2D eigenvalue weighted by Gasteiger charge is -2.46. The van der Waals surface area contributed by atoms with Crippen LogP contribution in [0.3, 0.4) is 0 Å². The molecule has 0 unspecified atom stereocenters. The summed E-state index contributed by atoms with van der Waals surface area (Å²) in [7, 11) is 1.42. The van der Waals surface area contributed by atoms with Gasteiger partial charge in [0.05, 0.1) is 57.2 Å². The smallest absolute Gasteiger partial charge is 0.407 e. The summed E-state index contributed by atoms with van der Waals surface area (Å²) in [5.74, 6) is -0.512. The molecule has 2 aliphatic heterocycles. The van der Waals surface area contributed by atoms with Gasteiger partial charge >= 0.3 is 12.1 Å². The zero-order chi connectivity index (χ0) is 25.4. The molecule has 2 saturated heterocycles. The Labute approximate surface area is 214 Å². The first-order valence-electron chi connectivity index (χ1n) is 13.4. The van der Waals surface area contributed by atoms with E-state index < -0.39 is 12.1 Å². The first kappa shape index (κ1) is 26.9. The maximum atomic E-state index is 12.7. The first-order chi connectivity index (χ1) is 17.5.